The second kappa shape index (κ2) is 9.43. The molecule has 3 aromatic carbocycles. The number of para-hydroxylation sites is 2. The number of aliphatic hydroxyl groups is 1. The van der Waals surface area contributed by atoms with Gasteiger partial charge in [-0.1, -0.05) is 72.3 Å². The Morgan fingerprint density at radius 1 is 1.00 bits per heavy atom. The zero-order valence-corrected chi connectivity index (χ0v) is 20.9. The van der Waals surface area contributed by atoms with Crippen LogP contribution >= 0.6 is 11.3 Å². The second-order valence-electron chi connectivity index (χ2n) is 8.55. The van der Waals surface area contributed by atoms with Crippen LogP contribution in [0.4, 0.5) is 5.69 Å². The monoisotopic (exact) mass is 496 g/mol. The molecule has 0 saturated carbocycles. The van der Waals surface area contributed by atoms with E-state index in [-0.39, 0.29) is 5.57 Å². The molecule has 0 aliphatic carbocycles. The number of amides is 1. The number of aromatic nitrogens is 1. The average Bonchev–Trinajstić information content (AvgIpc) is 3.41. The van der Waals surface area contributed by atoms with Crippen molar-refractivity contribution in [2.45, 2.75) is 19.9 Å². The van der Waals surface area contributed by atoms with Crippen LogP contribution in [0.2, 0.25) is 0 Å². The van der Waals surface area contributed by atoms with E-state index in [1.807, 2.05) is 61.5 Å². The standard InChI is InChI=1S/C29H24N2O4S/c1-17-10-9-13-20(16-17)24-23(26(33)29(34)31(24)21-14-7-8-15-22(21)35-3)25(32)27-18(2)30-28(36-27)19-11-5-4-6-12-19/h4-16,24,33H,1-3H3. The highest BCUT2D eigenvalue weighted by Gasteiger charge is 2.46. The fourth-order valence-electron chi connectivity index (χ4n) is 4.50. The van der Waals surface area contributed by atoms with E-state index in [9.17, 15) is 14.7 Å². The van der Waals surface area contributed by atoms with Gasteiger partial charge in [0.15, 0.2) is 5.76 Å². The summed E-state index contributed by atoms with van der Waals surface area (Å²) in [6, 6.07) is 23.4. The average molecular weight is 497 g/mol. The first-order valence-corrected chi connectivity index (χ1v) is 12.3. The van der Waals surface area contributed by atoms with E-state index in [0.717, 1.165) is 11.1 Å². The van der Waals surface area contributed by atoms with Gasteiger partial charge in [0.25, 0.3) is 5.91 Å². The minimum Gasteiger partial charge on any atom is -0.503 e. The Kier molecular flexibility index (Phi) is 6.16. The van der Waals surface area contributed by atoms with E-state index in [2.05, 4.69) is 4.98 Å². The molecule has 0 saturated heterocycles. The Hall–Kier alpha value is -4.23. The highest BCUT2D eigenvalue weighted by atomic mass is 32.1. The number of carbonyl (C=O) groups excluding carboxylic acids is 2. The molecule has 1 aliphatic rings. The molecule has 1 aromatic heterocycles. The van der Waals surface area contributed by atoms with Gasteiger partial charge in [-0.2, -0.15) is 0 Å². The number of aliphatic hydroxyl groups excluding tert-OH is 1. The summed E-state index contributed by atoms with van der Waals surface area (Å²) in [5.74, 6) is -1.17. The maximum absolute atomic E-state index is 14.0. The number of methoxy groups -OCH3 is 1. The number of hydrogen-bond donors (Lipinski definition) is 1. The number of nitrogens with zero attached hydrogens (tertiary/aromatic N) is 2. The number of carbonyl (C=O) groups is 2. The Morgan fingerprint density at radius 2 is 1.72 bits per heavy atom. The van der Waals surface area contributed by atoms with Crippen molar-refractivity contribution >= 4 is 28.7 Å². The topological polar surface area (TPSA) is 79.7 Å². The predicted octanol–water partition coefficient (Wildman–Crippen LogP) is 6.22. The first-order chi connectivity index (χ1) is 17.4. The van der Waals surface area contributed by atoms with Crippen LogP contribution in [0.15, 0.2) is 90.2 Å². The first kappa shape index (κ1) is 23.5. The molecule has 5 rings (SSSR count). The molecule has 6 nitrogen and oxygen atoms in total. The molecule has 1 N–H and O–H groups in total. The maximum atomic E-state index is 14.0. The van der Waals surface area contributed by atoms with E-state index in [4.69, 9.17) is 4.74 Å². The third-order valence-electron chi connectivity index (χ3n) is 6.18. The van der Waals surface area contributed by atoms with Gasteiger partial charge in [0.2, 0.25) is 5.78 Å². The highest BCUT2D eigenvalue weighted by molar-refractivity contribution is 7.17. The van der Waals surface area contributed by atoms with E-state index in [1.165, 1.54) is 23.3 Å². The molecule has 2 heterocycles. The van der Waals surface area contributed by atoms with Gasteiger partial charge in [-0.15, -0.1) is 11.3 Å². The Balaban J connectivity index is 1.66. The van der Waals surface area contributed by atoms with E-state index < -0.39 is 23.5 Å². The van der Waals surface area contributed by atoms with Crippen LogP contribution in [0.25, 0.3) is 10.6 Å². The first-order valence-electron chi connectivity index (χ1n) is 11.4. The van der Waals surface area contributed by atoms with Gasteiger partial charge in [-0.05, 0) is 31.5 Å². The lowest BCUT2D eigenvalue weighted by molar-refractivity contribution is -0.117. The fourth-order valence-corrected chi connectivity index (χ4v) is 5.53. The van der Waals surface area contributed by atoms with Gasteiger partial charge in [-0.25, -0.2) is 4.98 Å². The Bertz CT molecular complexity index is 1510. The number of aryl methyl sites for hydroxylation is 2. The third-order valence-corrected chi connectivity index (χ3v) is 7.38. The molecule has 1 atom stereocenters. The molecule has 4 aromatic rings. The number of hydrogen-bond acceptors (Lipinski definition) is 6. The summed E-state index contributed by atoms with van der Waals surface area (Å²) in [6.07, 6.45) is 0. The van der Waals surface area contributed by atoms with Crippen LogP contribution in [-0.4, -0.2) is 28.9 Å². The molecule has 0 radical (unpaired) electrons. The quantitative estimate of drug-likeness (QED) is 0.321. The van der Waals surface area contributed by atoms with Crippen molar-refractivity contribution in [1.82, 2.24) is 4.98 Å². The minimum absolute atomic E-state index is 0.0304. The van der Waals surface area contributed by atoms with Gasteiger partial charge in [0.05, 0.1) is 35.0 Å². The number of benzene rings is 3. The van der Waals surface area contributed by atoms with Gasteiger partial charge in [-0.3, -0.25) is 14.5 Å². The number of Topliss-reactive ketones (excluding diaryl/α,β-unsaturated/α-hetero) is 1. The lowest BCUT2D eigenvalue weighted by Gasteiger charge is -2.28. The summed E-state index contributed by atoms with van der Waals surface area (Å²) in [7, 11) is 1.52. The fraction of sp³-hybridized carbons (Fsp3) is 0.138. The number of anilines is 1. The largest absolute Gasteiger partial charge is 0.503 e. The summed E-state index contributed by atoms with van der Waals surface area (Å²) in [5.41, 5.74) is 3.64. The van der Waals surface area contributed by atoms with Crippen molar-refractivity contribution in [3.8, 4) is 16.3 Å². The number of rotatable bonds is 6. The molecule has 180 valence electrons. The van der Waals surface area contributed by atoms with Crippen LogP contribution < -0.4 is 9.64 Å². The van der Waals surface area contributed by atoms with Crippen LogP contribution in [-0.2, 0) is 4.79 Å². The van der Waals surface area contributed by atoms with Crippen LogP contribution in [0.1, 0.15) is 32.5 Å². The van der Waals surface area contributed by atoms with Crippen molar-refractivity contribution in [3.63, 3.8) is 0 Å². The lowest BCUT2D eigenvalue weighted by Crippen LogP contribution is -2.31. The number of ether oxygens (including phenoxy) is 1. The van der Waals surface area contributed by atoms with Crippen molar-refractivity contribution in [2.24, 2.45) is 0 Å². The van der Waals surface area contributed by atoms with E-state index in [1.54, 1.807) is 31.2 Å². The lowest BCUT2D eigenvalue weighted by atomic mass is 9.94. The summed E-state index contributed by atoms with van der Waals surface area (Å²) < 4.78 is 5.51. The maximum Gasteiger partial charge on any atom is 0.294 e. The van der Waals surface area contributed by atoms with Crippen molar-refractivity contribution < 1.29 is 19.4 Å². The summed E-state index contributed by atoms with van der Waals surface area (Å²) >= 11 is 1.26. The smallest absolute Gasteiger partial charge is 0.294 e. The number of thiazole rings is 1. The van der Waals surface area contributed by atoms with E-state index in [0.29, 0.717) is 32.6 Å². The highest BCUT2D eigenvalue weighted by Crippen LogP contribution is 2.45. The molecular formula is C29H24N2O4S. The third kappa shape index (κ3) is 3.97. The molecule has 36 heavy (non-hydrogen) atoms. The summed E-state index contributed by atoms with van der Waals surface area (Å²) in [5, 5.41) is 11.8. The molecule has 0 spiro atoms. The van der Waals surface area contributed by atoms with Gasteiger partial charge < -0.3 is 9.84 Å². The van der Waals surface area contributed by atoms with Gasteiger partial charge in [0, 0.05) is 5.56 Å². The van der Waals surface area contributed by atoms with E-state index >= 15 is 0 Å². The summed E-state index contributed by atoms with van der Waals surface area (Å²) in [4.78, 5) is 33.9. The van der Waals surface area contributed by atoms with Crippen molar-refractivity contribution in [3.05, 3.63) is 112 Å². The normalized spacial score (nSPS) is 15.5. The molecule has 7 heteroatoms. The van der Waals surface area contributed by atoms with Crippen molar-refractivity contribution in [2.75, 3.05) is 12.0 Å². The molecule has 1 aliphatic heterocycles. The predicted molar refractivity (Wildman–Crippen MR) is 141 cm³/mol. The van der Waals surface area contributed by atoms with Crippen LogP contribution in [0.3, 0.4) is 0 Å². The van der Waals surface area contributed by atoms with Crippen LogP contribution in [0, 0.1) is 13.8 Å². The molecule has 0 fully saturated rings. The second-order valence-corrected chi connectivity index (χ2v) is 9.55. The molecular weight excluding hydrogens is 472 g/mol. The zero-order chi connectivity index (χ0) is 25.4. The molecule has 1 unspecified atom stereocenters. The Morgan fingerprint density at radius 3 is 2.44 bits per heavy atom. The Labute approximate surface area is 213 Å². The molecule has 1 amide bonds. The van der Waals surface area contributed by atoms with Gasteiger partial charge in [0.1, 0.15) is 10.8 Å². The number of ketones is 1. The zero-order valence-electron chi connectivity index (χ0n) is 20.1. The molecule has 0 bridgehead atoms. The van der Waals surface area contributed by atoms with Gasteiger partial charge >= 0.3 is 0 Å². The minimum atomic E-state index is -0.831. The van der Waals surface area contributed by atoms with Crippen molar-refractivity contribution in [1.29, 1.82) is 0 Å². The summed E-state index contributed by atoms with van der Waals surface area (Å²) in [6.45, 7) is 3.71. The van der Waals surface area contributed by atoms with Crippen LogP contribution in [0.5, 0.6) is 5.75 Å². The SMILES string of the molecule is COc1ccccc1N1C(=O)C(O)=C(C(=O)c2sc(-c3ccccc3)nc2C)C1c1cccc(C)c1.